The van der Waals surface area contributed by atoms with Crippen molar-refractivity contribution in [3.8, 4) is 0 Å². The van der Waals surface area contributed by atoms with Crippen LogP contribution in [0.4, 0.5) is 5.69 Å². The van der Waals surface area contributed by atoms with E-state index in [9.17, 15) is 4.79 Å². The zero-order valence-electron chi connectivity index (χ0n) is 13.9. The Labute approximate surface area is 165 Å². The fourth-order valence-electron chi connectivity index (χ4n) is 3.31. The van der Waals surface area contributed by atoms with Crippen LogP contribution in [0.5, 0.6) is 0 Å². The number of para-hydroxylation sites is 2. The smallest absolute Gasteiger partial charge is 0.238 e. The Balaban J connectivity index is 1.49. The summed E-state index contributed by atoms with van der Waals surface area (Å²) < 4.78 is 1.18. The number of benzene rings is 2. The highest BCUT2D eigenvalue weighted by atomic mass is 35.5. The number of halogens is 2. The van der Waals surface area contributed by atoms with Crippen LogP contribution in [0.15, 0.2) is 42.5 Å². The van der Waals surface area contributed by atoms with Crippen LogP contribution in [0.25, 0.3) is 10.2 Å². The van der Waals surface area contributed by atoms with Gasteiger partial charge in [0.25, 0.3) is 0 Å². The number of aromatic nitrogens is 1. The lowest BCUT2D eigenvalue weighted by molar-refractivity contribution is -0.117. The molecule has 0 radical (unpaired) electrons. The van der Waals surface area contributed by atoms with Gasteiger partial charge in [0.15, 0.2) is 0 Å². The summed E-state index contributed by atoms with van der Waals surface area (Å²) in [5, 5.41) is 4.80. The minimum atomic E-state index is -0.118. The lowest BCUT2D eigenvalue weighted by atomic mass is 10.2. The summed E-state index contributed by atoms with van der Waals surface area (Å²) in [4.78, 5) is 19.5. The quantitative estimate of drug-likeness (QED) is 0.633. The van der Waals surface area contributed by atoms with Crippen molar-refractivity contribution < 1.29 is 4.79 Å². The van der Waals surface area contributed by atoms with E-state index in [2.05, 4.69) is 16.3 Å². The molecule has 1 aliphatic rings. The van der Waals surface area contributed by atoms with Gasteiger partial charge in [0.1, 0.15) is 5.01 Å². The molecule has 2 heterocycles. The van der Waals surface area contributed by atoms with Crippen molar-refractivity contribution in [3.63, 3.8) is 0 Å². The van der Waals surface area contributed by atoms with Crippen molar-refractivity contribution in [2.45, 2.75) is 18.9 Å². The Hall–Kier alpha value is -1.66. The molecule has 4 nitrogen and oxygen atoms in total. The molecule has 26 heavy (non-hydrogen) atoms. The SMILES string of the molecule is O=C(CN1CCC[C@@H]1c1nc2ccccc2s1)Nc1c(Cl)cccc1Cl. The fourth-order valence-corrected chi connectivity index (χ4v) is 4.94. The third-order valence-corrected chi connectivity index (χ3v) is 6.30. The van der Waals surface area contributed by atoms with Gasteiger partial charge in [0.05, 0.1) is 38.5 Å². The molecule has 7 heteroatoms. The zero-order valence-corrected chi connectivity index (χ0v) is 16.2. The third-order valence-electron chi connectivity index (χ3n) is 4.53. The third kappa shape index (κ3) is 3.58. The Kier molecular flexibility index (Phi) is 5.14. The molecule has 0 saturated carbocycles. The molecule has 4 rings (SSSR count). The number of fused-ring (bicyclic) bond motifs is 1. The molecular formula is C19H17Cl2N3OS. The highest BCUT2D eigenvalue weighted by molar-refractivity contribution is 7.18. The summed E-state index contributed by atoms with van der Waals surface area (Å²) in [5.41, 5.74) is 1.49. The largest absolute Gasteiger partial charge is 0.322 e. The Morgan fingerprint density at radius 2 is 1.96 bits per heavy atom. The normalized spacial score (nSPS) is 17.7. The maximum absolute atomic E-state index is 12.5. The molecule has 0 spiro atoms. The maximum atomic E-state index is 12.5. The predicted octanol–water partition coefficient (Wildman–Crippen LogP) is 5.38. The summed E-state index contributed by atoms with van der Waals surface area (Å²) in [5.74, 6) is -0.118. The van der Waals surface area contributed by atoms with E-state index >= 15 is 0 Å². The summed E-state index contributed by atoms with van der Waals surface area (Å²) in [6.45, 7) is 1.17. The Morgan fingerprint density at radius 3 is 2.73 bits per heavy atom. The summed E-state index contributed by atoms with van der Waals surface area (Å²) in [6.07, 6.45) is 2.07. The number of hydrogen-bond acceptors (Lipinski definition) is 4. The second-order valence-corrected chi connectivity index (χ2v) is 8.17. The predicted molar refractivity (Wildman–Crippen MR) is 108 cm³/mol. The van der Waals surface area contributed by atoms with E-state index in [1.54, 1.807) is 29.5 Å². The van der Waals surface area contributed by atoms with E-state index in [0.717, 1.165) is 29.9 Å². The average molecular weight is 406 g/mol. The number of nitrogens with zero attached hydrogens (tertiary/aromatic N) is 2. The highest BCUT2D eigenvalue weighted by Gasteiger charge is 2.30. The van der Waals surface area contributed by atoms with Crippen LogP contribution in [0.1, 0.15) is 23.9 Å². The first kappa shape index (κ1) is 17.7. The van der Waals surface area contributed by atoms with Gasteiger partial charge in [0, 0.05) is 0 Å². The molecule has 134 valence electrons. The fraction of sp³-hybridized carbons (Fsp3) is 0.263. The molecule has 0 unspecified atom stereocenters. The first-order valence-electron chi connectivity index (χ1n) is 8.45. The van der Waals surface area contributed by atoms with Crippen LogP contribution in [-0.2, 0) is 4.79 Å². The molecule has 1 amide bonds. The van der Waals surface area contributed by atoms with Gasteiger partial charge in [0.2, 0.25) is 5.91 Å². The second-order valence-electron chi connectivity index (χ2n) is 6.29. The van der Waals surface area contributed by atoms with Gasteiger partial charge in [-0.05, 0) is 43.7 Å². The van der Waals surface area contributed by atoms with E-state index in [1.807, 2.05) is 18.2 Å². The monoisotopic (exact) mass is 405 g/mol. The molecule has 1 N–H and O–H groups in total. The number of hydrogen-bond donors (Lipinski definition) is 1. The van der Waals surface area contributed by atoms with Crippen LogP contribution >= 0.6 is 34.5 Å². The number of carbonyl (C=O) groups excluding carboxylic acids is 1. The van der Waals surface area contributed by atoms with Gasteiger partial charge in [-0.3, -0.25) is 9.69 Å². The minimum absolute atomic E-state index is 0.118. The number of thiazole rings is 1. The van der Waals surface area contributed by atoms with Gasteiger partial charge < -0.3 is 5.32 Å². The molecule has 0 bridgehead atoms. The van der Waals surface area contributed by atoms with Crippen molar-refractivity contribution in [1.29, 1.82) is 0 Å². The van der Waals surface area contributed by atoms with Gasteiger partial charge in [-0.2, -0.15) is 0 Å². The van der Waals surface area contributed by atoms with Crippen molar-refractivity contribution in [3.05, 3.63) is 57.5 Å². The lowest BCUT2D eigenvalue weighted by Gasteiger charge is -2.22. The summed E-state index contributed by atoms with van der Waals surface area (Å²) in [6, 6.07) is 13.5. The molecule has 1 aliphatic heterocycles. The number of anilines is 1. The highest BCUT2D eigenvalue weighted by Crippen LogP contribution is 2.36. The number of amides is 1. The van der Waals surface area contributed by atoms with Gasteiger partial charge in [-0.1, -0.05) is 41.4 Å². The molecular weight excluding hydrogens is 389 g/mol. The molecule has 2 aromatic carbocycles. The summed E-state index contributed by atoms with van der Waals surface area (Å²) >= 11 is 14.0. The van der Waals surface area contributed by atoms with E-state index in [-0.39, 0.29) is 11.9 Å². The minimum Gasteiger partial charge on any atom is -0.322 e. The molecule has 0 aliphatic carbocycles. The zero-order chi connectivity index (χ0) is 18.1. The Morgan fingerprint density at radius 1 is 1.19 bits per heavy atom. The average Bonchev–Trinajstić information content (AvgIpc) is 3.24. The molecule has 1 aromatic heterocycles. The van der Waals surface area contributed by atoms with Gasteiger partial charge in [-0.25, -0.2) is 4.98 Å². The molecule has 3 aromatic rings. The maximum Gasteiger partial charge on any atom is 0.238 e. The van der Waals surface area contributed by atoms with E-state index in [4.69, 9.17) is 28.2 Å². The number of carbonyl (C=O) groups is 1. The van der Waals surface area contributed by atoms with E-state index < -0.39 is 0 Å². The van der Waals surface area contributed by atoms with Crippen LogP contribution in [0.2, 0.25) is 10.0 Å². The van der Waals surface area contributed by atoms with Crippen LogP contribution in [0, 0.1) is 0 Å². The van der Waals surface area contributed by atoms with Crippen molar-refractivity contribution in [2.75, 3.05) is 18.4 Å². The van der Waals surface area contributed by atoms with Crippen LogP contribution in [0.3, 0.4) is 0 Å². The topological polar surface area (TPSA) is 45.2 Å². The van der Waals surface area contributed by atoms with Crippen molar-refractivity contribution in [2.24, 2.45) is 0 Å². The number of rotatable bonds is 4. The standard InChI is InChI=1S/C19H17Cl2N3OS/c20-12-5-3-6-13(21)18(12)23-17(25)11-24-10-4-8-15(24)19-22-14-7-1-2-9-16(14)26-19/h1-3,5-7,9,15H,4,8,10-11H2,(H,23,25)/t15-/m1/s1. The number of likely N-dealkylation sites (tertiary alicyclic amines) is 1. The van der Waals surface area contributed by atoms with Crippen LogP contribution in [-0.4, -0.2) is 28.9 Å². The Bertz CT molecular complexity index is 906. The molecule has 1 atom stereocenters. The summed E-state index contributed by atoms with van der Waals surface area (Å²) in [7, 11) is 0. The lowest BCUT2D eigenvalue weighted by Crippen LogP contribution is -2.33. The first-order valence-corrected chi connectivity index (χ1v) is 10.0. The van der Waals surface area contributed by atoms with Crippen molar-refractivity contribution in [1.82, 2.24) is 9.88 Å². The van der Waals surface area contributed by atoms with Gasteiger partial charge in [-0.15, -0.1) is 11.3 Å². The molecule has 1 saturated heterocycles. The van der Waals surface area contributed by atoms with Crippen molar-refractivity contribution >= 4 is 56.3 Å². The first-order chi connectivity index (χ1) is 12.6. The van der Waals surface area contributed by atoms with Crippen LogP contribution < -0.4 is 5.32 Å². The van der Waals surface area contributed by atoms with E-state index in [0.29, 0.717) is 22.3 Å². The molecule has 1 fully saturated rings. The van der Waals surface area contributed by atoms with Gasteiger partial charge >= 0.3 is 0 Å². The van der Waals surface area contributed by atoms with E-state index in [1.165, 1.54) is 4.70 Å². The second kappa shape index (κ2) is 7.53. The number of nitrogens with one attached hydrogen (secondary N) is 1.